The van der Waals surface area contributed by atoms with E-state index in [-0.39, 0.29) is 17.7 Å². The summed E-state index contributed by atoms with van der Waals surface area (Å²) in [5.74, 6) is -1.01. The Hall–Kier alpha value is -2.41. The van der Waals surface area contributed by atoms with E-state index in [1.807, 2.05) is 0 Å². The van der Waals surface area contributed by atoms with Crippen LogP contribution in [-0.2, 0) is 17.1 Å². The van der Waals surface area contributed by atoms with Crippen molar-refractivity contribution < 1.29 is 35.9 Å². The molecule has 1 saturated heterocycles. The molecule has 1 fully saturated rings. The molecule has 1 aliphatic rings. The lowest BCUT2D eigenvalue weighted by atomic mass is 10.0. The van der Waals surface area contributed by atoms with Gasteiger partial charge >= 0.3 is 12.4 Å². The van der Waals surface area contributed by atoms with Gasteiger partial charge in [-0.05, 0) is 36.8 Å². The summed E-state index contributed by atoms with van der Waals surface area (Å²) in [7, 11) is 0. The first-order chi connectivity index (χ1) is 16.9. The molecule has 0 radical (unpaired) electrons. The summed E-state index contributed by atoms with van der Waals surface area (Å²) in [5.41, 5.74) is -3.44. The third-order valence-corrected chi connectivity index (χ3v) is 6.98. The molecule has 194 valence electrons. The molecule has 2 aromatic carbocycles. The zero-order valence-electron chi connectivity index (χ0n) is 18.6. The lowest BCUT2D eigenvalue weighted by molar-refractivity contribution is -0.143. The van der Waals surface area contributed by atoms with Crippen molar-refractivity contribution >= 4 is 44.2 Å². The molecule has 0 atom stereocenters. The number of thiazole rings is 1. The van der Waals surface area contributed by atoms with Crippen molar-refractivity contribution in [1.29, 1.82) is 0 Å². The van der Waals surface area contributed by atoms with Crippen LogP contribution in [0.25, 0.3) is 10.2 Å². The van der Waals surface area contributed by atoms with Gasteiger partial charge in [0.15, 0.2) is 5.13 Å². The number of carbonyl (C=O) groups is 1. The average Bonchev–Trinajstić information content (AvgIpc) is 3.26. The van der Waals surface area contributed by atoms with E-state index < -0.39 is 35.0 Å². The molecule has 4 rings (SSSR count). The highest BCUT2D eigenvalue weighted by atomic mass is 35.5. The highest BCUT2D eigenvalue weighted by Gasteiger charge is 2.38. The van der Waals surface area contributed by atoms with Crippen LogP contribution in [0.1, 0.15) is 27.9 Å². The maximum Gasteiger partial charge on any atom is 0.416 e. The normalized spacial score (nSPS) is 15.4. The van der Waals surface area contributed by atoms with Gasteiger partial charge in [0.2, 0.25) is 0 Å². The van der Waals surface area contributed by atoms with E-state index in [1.54, 1.807) is 18.2 Å². The molecule has 0 N–H and O–H groups in total. The fourth-order valence-electron chi connectivity index (χ4n) is 3.81. The highest BCUT2D eigenvalue weighted by molar-refractivity contribution is 7.22. The molecule has 0 saturated carbocycles. The number of rotatable bonds is 6. The first kappa shape index (κ1) is 26.6. The van der Waals surface area contributed by atoms with Crippen molar-refractivity contribution in [1.82, 2.24) is 9.88 Å². The standard InChI is InChI=1S/C23H20ClF6N3O2S/c24-17-3-1-4-18-19(17)31-21(36-18)33(6-2-5-32-7-9-35-10-8-32)20(34)14-11-15(22(25,26)27)13-16(12-14)23(28,29)30/h1,3-4,11-13H,2,5-10H2. The molecule has 0 aliphatic carbocycles. The van der Waals surface area contributed by atoms with Crippen LogP contribution in [0, 0.1) is 0 Å². The molecule has 0 bridgehead atoms. The summed E-state index contributed by atoms with van der Waals surface area (Å²) in [4.78, 5) is 21.0. The number of hydrogen-bond donors (Lipinski definition) is 0. The molecular weight excluding hydrogens is 532 g/mol. The van der Waals surface area contributed by atoms with Crippen LogP contribution in [0.3, 0.4) is 0 Å². The van der Waals surface area contributed by atoms with Gasteiger partial charge in [0.05, 0.1) is 34.1 Å². The van der Waals surface area contributed by atoms with E-state index in [2.05, 4.69) is 9.88 Å². The Balaban J connectivity index is 1.71. The maximum atomic E-state index is 13.4. The lowest BCUT2D eigenvalue weighted by Gasteiger charge is -2.28. The van der Waals surface area contributed by atoms with Gasteiger partial charge in [0.1, 0.15) is 5.52 Å². The van der Waals surface area contributed by atoms with Crippen molar-refractivity contribution in [3.05, 3.63) is 58.1 Å². The second-order valence-electron chi connectivity index (χ2n) is 8.14. The van der Waals surface area contributed by atoms with Gasteiger partial charge < -0.3 is 4.74 Å². The van der Waals surface area contributed by atoms with Crippen LogP contribution in [0.4, 0.5) is 31.5 Å². The van der Waals surface area contributed by atoms with Gasteiger partial charge in [-0.25, -0.2) is 4.98 Å². The smallest absolute Gasteiger partial charge is 0.379 e. The quantitative estimate of drug-likeness (QED) is 0.335. The summed E-state index contributed by atoms with van der Waals surface area (Å²) < 4.78 is 86.2. The molecule has 0 spiro atoms. The number of amides is 1. The molecule has 0 unspecified atom stereocenters. The Morgan fingerprint density at radius 2 is 1.69 bits per heavy atom. The number of para-hydroxylation sites is 1. The Morgan fingerprint density at radius 3 is 2.28 bits per heavy atom. The van der Waals surface area contributed by atoms with Gasteiger partial charge in [-0.2, -0.15) is 26.3 Å². The van der Waals surface area contributed by atoms with E-state index >= 15 is 0 Å². The Morgan fingerprint density at radius 1 is 1.06 bits per heavy atom. The number of nitrogens with zero attached hydrogens (tertiary/aromatic N) is 3. The molecule has 1 aromatic heterocycles. The van der Waals surface area contributed by atoms with E-state index in [1.165, 1.54) is 0 Å². The summed E-state index contributed by atoms with van der Waals surface area (Å²) in [6.45, 7) is 3.09. The minimum Gasteiger partial charge on any atom is -0.379 e. The fraction of sp³-hybridized carbons (Fsp3) is 0.391. The number of benzene rings is 2. The van der Waals surface area contributed by atoms with Crippen LogP contribution in [-0.4, -0.2) is 55.2 Å². The van der Waals surface area contributed by atoms with Gasteiger partial charge in [0, 0.05) is 31.7 Å². The van der Waals surface area contributed by atoms with Gasteiger partial charge in [0.25, 0.3) is 5.91 Å². The Kier molecular flexibility index (Phi) is 7.79. The first-order valence-electron chi connectivity index (χ1n) is 10.9. The van der Waals surface area contributed by atoms with E-state index in [9.17, 15) is 31.1 Å². The van der Waals surface area contributed by atoms with Crippen LogP contribution in [0.15, 0.2) is 36.4 Å². The van der Waals surface area contributed by atoms with Gasteiger partial charge in [-0.15, -0.1) is 0 Å². The number of ether oxygens (including phenoxy) is 1. The molecule has 3 aromatic rings. The largest absolute Gasteiger partial charge is 0.416 e. The van der Waals surface area contributed by atoms with Gasteiger partial charge in [-0.3, -0.25) is 14.6 Å². The molecular formula is C23H20ClF6N3O2S. The topological polar surface area (TPSA) is 45.7 Å². The molecule has 13 heteroatoms. The zero-order valence-corrected chi connectivity index (χ0v) is 20.2. The highest BCUT2D eigenvalue weighted by Crippen LogP contribution is 2.38. The number of carbonyl (C=O) groups excluding carboxylic acids is 1. The predicted molar refractivity (Wildman–Crippen MR) is 125 cm³/mol. The number of hydrogen-bond acceptors (Lipinski definition) is 5. The second-order valence-corrected chi connectivity index (χ2v) is 9.56. The number of fused-ring (bicyclic) bond motifs is 1. The number of halogens is 7. The third-order valence-electron chi connectivity index (χ3n) is 5.63. The Bertz CT molecular complexity index is 1210. The van der Waals surface area contributed by atoms with Crippen molar-refractivity contribution in [2.45, 2.75) is 18.8 Å². The minimum absolute atomic E-state index is 0.00297. The van der Waals surface area contributed by atoms with Crippen LogP contribution < -0.4 is 4.90 Å². The van der Waals surface area contributed by atoms with E-state index in [4.69, 9.17) is 16.3 Å². The maximum absolute atomic E-state index is 13.4. The van der Waals surface area contributed by atoms with Crippen LogP contribution >= 0.6 is 22.9 Å². The summed E-state index contributed by atoms with van der Waals surface area (Å²) >= 11 is 7.27. The SMILES string of the molecule is O=C(c1cc(C(F)(F)F)cc(C(F)(F)F)c1)N(CCCN1CCOCC1)c1nc2c(Cl)cccc2s1. The zero-order chi connectivity index (χ0) is 26.1. The monoisotopic (exact) mass is 551 g/mol. The minimum atomic E-state index is -5.07. The van der Waals surface area contributed by atoms with E-state index in [0.717, 1.165) is 16.2 Å². The molecule has 1 aliphatic heterocycles. The average molecular weight is 552 g/mol. The van der Waals surface area contributed by atoms with Crippen LogP contribution in [0.5, 0.6) is 0 Å². The predicted octanol–water partition coefficient (Wildman–Crippen LogP) is 6.36. The lowest BCUT2D eigenvalue weighted by Crippen LogP contribution is -2.39. The van der Waals surface area contributed by atoms with Crippen molar-refractivity contribution in [3.8, 4) is 0 Å². The molecule has 36 heavy (non-hydrogen) atoms. The summed E-state index contributed by atoms with van der Waals surface area (Å²) in [6, 6.07) is 5.86. The third kappa shape index (κ3) is 6.10. The molecule has 5 nitrogen and oxygen atoms in total. The second kappa shape index (κ2) is 10.5. The molecule has 2 heterocycles. The van der Waals surface area contributed by atoms with E-state index in [0.29, 0.717) is 66.6 Å². The number of morpholine rings is 1. The van der Waals surface area contributed by atoms with Crippen molar-refractivity contribution in [2.75, 3.05) is 44.3 Å². The Labute approximate surface area is 211 Å². The van der Waals surface area contributed by atoms with Gasteiger partial charge in [-0.1, -0.05) is 29.0 Å². The van der Waals surface area contributed by atoms with Crippen molar-refractivity contribution in [3.63, 3.8) is 0 Å². The molecule has 1 amide bonds. The number of aromatic nitrogens is 1. The fourth-order valence-corrected chi connectivity index (χ4v) is 5.10. The number of anilines is 1. The first-order valence-corrected chi connectivity index (χ1v) is 12.1. The summed E-state index contributed by atoms with van der Waals surface area (Å²) in [6.07, 6.45) is -9.72. The summed E-state index contributed by atoms with van der Waals surface area (Å²) in [5, 5.41) is 0.449. The van der Waals surface area contributed by atoms with Crippen LogP contribution in [0.2, 0.25) is 5.02 Å². The van der Waals surface area contributed by atoms with Crippen molar-refractivity contribution in [2.24, 2.45) is 0 Å². The number of alkyl halides is 6.